The molecule has 0 aliphatic heterocycles. The number of ether oxygens (including phenoxy) is 1. The highest BCUT2D eigenvalue weighted by Crippen LogP contribution is 2.26. The van der Waals surface area contributed by atoms with Crippen LogP contribution in [-0.4, -0.2) is 32.8 Å². The lowest BCUT2D eigenvalue weighted by molar-refractivity contribution is -0.136. The Bertz CT molecular complexity index is 565. The third-order valence-corrected chi connectivity index (χ3v) is 2.34. The molecule has 0 radical (unpaired) electrons. The van der Waals surface area contributed by atoms with Gasteiger partial charge in [-0.05, 0) is 0 Å². The third-order valence-electron chi connectivity index (χ3n) is 2.34. The molecule has 0 aliphatic carbocycles. The van der Waals surface area contributed by atoms with Gasteiger partial charge in [0.05, 0.1) is 13.5 Å². The van der Waals surface area contributed by atoms with Crippen LogP contribution in [-0.2, 0) is 6.54 Å². The van der Waals surface area contributed by atoms with Gasteiger partial charge in [-0.2, -0.15) is 18.2 Å². The topological polar surface area (TPSA) is 78.8 Å². The zero-order chi connectivity index (χ0) is 13.3. The van der Waals surface area contributed by atoms with Crippen molar-refractivity contribution in [2.24, 2.45) is 0 Å². The minimum absolute atomic E-state index is 0.0481. The van der Waals surface area contributed by atoms with E-state index in [2.05, 4.69) is 15.0 Å². The first-order chi connectivity index (χ1) is 8.42. The fourth-order valence-electron chi connectivity index (χ4n) is 1.54. The fraction of sp³-hybridized carbons (Fsp3) is 0.444. The van der Waals surface area contributed by atoms with Crippen molar-refractivity contribution in [1.29, 1.82) is 0 Å². The molecule has 0 aliphatic rings. The van der Waals surface area contributed by atoms with Gasteiger partial charge in [0.25, 0.3) is 0 Å². The second kappa shape index (κ2) is 4.31. The summed E-state index contributed by atoms with van der Waals surface area (Å²) < 4.78 is 42.7. The monoisotopic (exact) mass is 261 g/mol. The van der Waals surface area contributed by atoms with E-state index in [4.69, 9.17) is 10.5 Å². The molecule has 0 fully saturated rings. The number of nitrogen functional groups attached to an aromatic ring is 1. The van der Waals surface area contributed by atoms with Crippen molar-refractivity contribution in [1.82, 2.24) is 19.5 Å². The minimum atomic E-state index is -4.26. The summed E-state index contributed by atoms with van der Waals surface area (Å²) in [7, 11) is 1.38. The van der Waals surface area contributed by atoms with Gasteiger partial charge < -0.3 is 10.5 Å². The zero-order valence-corrected chi connectivity index (χ0v) is 9.40. The summed E-state index contributed by atoms with van der Waals surface area (Å²) in [4.78, 5) is 11.6. The summed E-state index contributed by atoms with van der Waals surface area (Å²) in [6.07, 6.45) is -4.08. The molecule has 98 valence electrons. The van der Waals surface area contributed by atoms with E-state index in [1.165, 1.54) is 18.0 Å². The normalized spacial score (nSPS) is 12.0. The number of hydrogen-bond acceptors (Lipinski definition) is 5. The van der Waals surface area contributed by atoms with E-state index in [-0.39, 0.29) is 29.5 Å². The first kappa shape index (κ1) is 12.4. The highest BCUT2D eigenvalue weighted by Gasteiger charge is 2.28. The second-order valence-electron chi connectivity index (χ2n) is 3.54. The number of rotatable bonds is 3. The maximum atomic E-state index is 12.2. The number of imidazole rings is 1. The van der Waals surface area contributed by atoms with Crippen LogP contribution in [0.25, 0.3) is 11.2 Å². The molecule has 0 unspecified atom stereocenters. The Morgan fingerprint density at radius 2 is 2.11 bits per heavy atom. The number of aromatic nitrogens is 4. The summed E-state index contributed by atoms with van der Waals surface area (Å²) in [6.45, 7) is -0.341. The number of alkyl halides is 3. The molecule has 2 aromatic heterocycles. The Balaban J connectivity index is 2.42. The van der Waals surface area contributed by atoms with Gasteiger partial charge in [0.15, 0.2) is 11.2 Å². The molecule has 9 heteroatoms. The summed E-state index contributed by atoms with van der Waals surface area (Å²) in [5.41, 5.74) is 6.04. The highest BCUT2D eigenvalue weighted by molar-refractivity contribution is 5.78. The molecule has 0 aromatic carbocycles. The lowest BCUT2D eigenvalue weighted by Gasteiger charge is -2.08. The Morgan fingerprint density at radius 3 is 2.72 bits per heavy atom. The molecule has 6 nitrogen and oxygen atoms in total. The molecular formula is C9H10F3N5O. The van der Waals surface area contributed by atoms with Crippen LogP contribution in [0, 0.1) is 0 Å². The number of nitrogens with zero attached hydrogens (tertiary/aromatic N) is 4. The number of anilines is 1. The average Bonchev–Trinajstić information content (AvgIpc) is 2.61. The predicted molar refractivity (Wildman–Crippen MR) is 57.0 cm³/mol. The smallest absolute Gasteiger partial charge is 0.390 e. The summed E-state index contributed by atoms with van der Waals surface area (Å²) in [5.74, 6) is 0.130. The molecule has 2 N–H and O–H groups in total. The largest absolute Gasteiger partial charge is 0.479 e. The quantitative estimate of drug-likeness (QED) is 0.902. The third kappa shape index (κ3) is 2.29. The number of aryl methyl sites for hydroxylation is 1. The van der Waals surface area contributed by atoms with Crippen LogP contribution in [0.2, 0.25) is 0 Å². The van der Waals surface area contributed by atoms with Crippen LogP contribution >= 0.6 is 0 Å². The molecular weight excluding hydrogens is 251 g/mol. The maximum Gasteiger partial charge on any atom is 0.390 e. The van der Waals surface area contributed by atoms with Gasteiger partial charge in [0, 0.05) is 6.54 Å². The van der Waals surface area contributed by atoms with Crippen molar-refractivity contribution in [2.75, 3.05) is 12.8 Å². The molecule has 2 rings (SSSR count). The number of nitrogens with two attached hydrogens (primary N) is 1. The average molecular weight is 261 g/mol. The van der Waals surface area contributed by atoms with Crippen LogP contribution in [0.15, 0.2) is 6.33 Å². The lowest BCUT2D eigenvalue weighted by Crippen LogP contribution is -2.14. The summed E-state index contributed by atoms with van der Waals surface area (Å²) in [5, 5.41) is 0. The minimum Gasteiger partial charge on any atom is -0.479 e. The van der Waals surface area contributed by atoms with E-state index >= 15 is 0 Å². The van der Waals surface area contributed by atoms with E-state index < -0.39 is 12.6 Å². The van der Waals surface area contributed by atoms with Gasteiger partial charge in [-0.1, -0.05) is 0 Å². The van der Waals surface area contributed by atoms with E-state index in [1.54, 1.807) is 0 Å². The molecule has 0 atom stereocenters. The maximum absolute atomic E-state index is 12.2. The van der Waals surface area contributed by atoms with Gasteiger partial charge in [0.1, 0.15) is 6.33 Å². The molecule has 2 heterocycles. The molecule has 0 saturated heterocycles. The number of fused-ring (bicyclic) bond motifs is 1. The van der Waals surface area contributed by atoms with Gasteiger partial charge in [0.2, 0.25) is 11.8 Å². The first-order valence-electron chi connectivity index (χ1n) is 5.00. The van der Waals surface area contributed by atoms with Crippen molar-refractivity contribution in [2.45, 2.75) is 19.1 Å². The Labute approximate surface area is 99.6 Å². The number of halogens is 3. The van der Waals surface area contributed by atoms with Crippen LogP contribution in [0.4, 0.5) is 19.1 Å². The van der Waals surface area contributed by atoms with E-state index in [0.29, 0.717) is 0 Å². The van der Waals surface area contributed by atoms with E-state index in [1.807, 2.05) is 0 Å². The van der Waals surface area contributed by atoms with E-state index in [0.717, 1.165) is 0 Å². The first-order valence-corrected chi connectivity index (χ1v) is 5.00. The zero-order valence-electron chi connectivity index (χ0n) is 9.40. The lowest BCUT2D eigenvalue weighted by atomic mass is 10.4. The van der Waals surface area contributed by atoms with Gasteiger partial charge in [-0.3, -0.25) is 4.57 Å². The van der Waals surface area contributed by atoms with Crippen LogP contribution in [0.1, 0.15) is 6.42 Å². The molecule has 18 heavy (non-hydrogen) atoms. The summed E-state index contributed by atoms with van der Waals surface area (Å²) in [6, 6.07) is 0. The Kier molecular flexibility index (Phi) is 2.97. The molecule has 0 spiro atoms. The van der Waals surface area contributed by atoms with Gasteiger partial charge in [-0.25, -0.2) is 9.97 Å². The van der Waals surface area contributed by atoms with Crippen LogP contribution < -0.4 is 10.5 Å². The summed E-state index contributed by atoms with van der Waals surface area (Å²) >= 11 is 0. The van der Waals surface area contributed by atoms with Crippen LogP contribution in [0.3, 0.4) is 0 Å². The fourth-order valence-corrected chi connectivity index (χ4v) is 1.54. The van der Waals surface area contributed by atoms with Gasteiger partial charge in [-0.15, -0.1) is 0 Å². The number of methoxy groups -OCH3 is 1. The second-order valence-corrected chi connectivity index (χ2v) is 3.54. The number of hydrogen-bond donors (Lipinski definition) is 1. The standard InChI is InChI=1S/C9H10F3N5O/c1-18-7-5-6(14-4-15-7)17(8(13)16-5)3-2-9(10,11)12/h4H,2-3H2,1H3,(H2,13,16). The molecule has 0 bridgehead atoms. The molecule has 0 amide bonds. The van der Waals surface area contributed by atoms with Crippen molar-refractivity contribution >= 4 is 17.1 Å². The Morgan fingerprint density at radius 1 is 1.39 bits per heavy atom. The van der Waals surface area contributed by atoms with Crippen molar-refractivity contribution in [3.63, 3.8) is 0 Å². The molecule has 2 aromatic rings. The van der Waals surface area contributed by atoms with Crippen molar-refractivity contribution < 1.29 is 17.9 Å². The SMILES string of the molecule is COc1ncnc2c1nc(N)n2CCC(F)(F)F. The van der Waals surface area contributed by atoms with Crippen molar-refractivity contribution in [3.05, 3.63) is 6.33 Å². The van der Waals surface area contributed by atoms with Crippen LogP contribution in [0.5, 0.6) is 5.88 Å². The van der Waals surface area contributed by atoms with Crippen molar-refractivity contribution in [3.8, 4) is 5.88 Å². The van der Waals surface area contributed by atoms with Gasteiger partial charge >= 0.3 is 6.18 Å². The Hall–Kier alpha value is -2.06. The highest BCUT2D eigenvalue weighted by atomic mass is 19.4. The van der Waals surface area contributed by atoms with E-state index in [9.17, 15) is 13.2 Å². The predicted octanol–water partition coefficient (Wildman–Crippen LogP) is 1.37. The molecule has 0 saturated carbocycles.